The van der Waals surface area contributed by atoms with Crippen LogP contribution < -0.4 is 10.6 Å². The van der Waals surface area contributed by atoms with Crippen LogP contribution in [0.15, 0.2) is 18.3 Å². The van der Waals surface area contributed by atoms with Crippen LogP contribution in [0.2, 0.25) is 0 Å². The molecule has 0 aromatic carbocycles. The molecule has 18 heavy (non-hydrogen) atoms. The number of pyridine rings is 1. The Morgan fingerprint density at radius 2 is 2.06 bits per heavy atom. The molecule has 1 aromatic rings. The number of nitrogens with one attached hydrogen (secondary N) is 2. The molecule has 5 heteroatoms. The summed E-state index contributed by atoms with van der Waals surface area (Å²) < 4.78 is 0. The van der Waals surface area contributed by atoms with Crippen LogP contribution in [0.25, 0.3) is 0 Å². The van der Waals surface area contributed by atoms with Crippen molar-refractivity contribution in [1.29, 1.82) is 0 Å². The maximum Gasteiger partial charge on any atom is 0.270 e. The van der Waals surface area contributed by atoms with E-state index in [4.69, 9.17) is 0 Å². The maximum absolute atomic E-state index is 11.9. The molecule has 1 fully saturated rings. The Bertz CT molecular complexity index is 397. The number of hydrogen-bond donors (Lipinski definition) is 3. The second-order valence-corrected chi connectivity index (χ2v) is 4.66. The van der Waals surface area contributed by atoms with Gasteiger partial charge in [0.2, 0.25) is 0 Å². The van der Waals surface area contributed by atoms with E-state index in [0.29, 0.717) is 5.69 Å². The van der Waals surface area contributed by atoms with Gasteiger partial charge in [0.25, 0.3) is 5.91 Å². The smallest absolute Gasteiger partial charge is 0.270 e. The minimum absolute atomic E-state index is 0.140. The third-order valence-electron chi connectivity index (χ3n) is 3.32. The molecule has 1 amide bonds. The van der Waals surface area contributed by atoms with Gasteiger partial charge in [-0.1, -0.05) is 0 Å². The van der Waals surface area contributed by atoms with Gasteiger partial charge in [-0.05, 0) is 37.8 Å². The van der Waals surface area contributed by atoms with E-state index < -0.39 is 0 Å². The lowest BCUT2D eigenvalue weighted by Gasteiger charge is -2.26. The highest BCUT2D eigenvalue weighted by molar-refractivity contribution is 5.92. The molecular formula is C13H19N3O2. The van der Waals surface area contributed by atoms with Crippen molar-refractivity contribution in [2.24, 2.45) is 0 Å². The van der Waals surface area contributed by atoms with Crippen molar-refractivity contribution in [1.82, 2.24) is 10.3 Å². The van der Waals surface area contributed by atoms with Crippen molar-refractivity contribution in [3.63, 3.8) is 0 Å². The largest absolute Gasteiger partial charge is 0.393 e. The Morgan fingerprint density at radius 3 is 2.61 bits per heavy atom. The summed E-state index contributed by atoms with van der Waals surface area (Å²) in [6, 6.07) is 3.69. The Morgan fingerprint density at radius 1 is 1.33 bits per heavy atom. The average Bonchev–Trinajstić information content (AvgIpc) is 2.41. The lowest BCUT2D eigenvalue weighted by Crippen LogP contribution is -2.38. The number of carbonyl (C=O) groups is 1. The molecule has 0 bridgehead atoms. The minimum atomic E-state index is -0.203. The van der Waals surface area contributed by atoms with E-state index in [-0.39, 0.29) is 18.1 Å². The second kappa shape index (κ2) is 5.82. The van der Waals surface area contributed by atoms with Gasteiger partial charge in [0, 0.05) is 13.1 Å². The van der Waals surface area contributed by atoms with Crippen molar-refractivity contribution in [2.45, 2.75) is 37.8 Å². The number of anilines is 1. The summed E-state index contributed by atoms with van der Waals surface area (Å²) in [6.07, 6.45) is 4.63. The Balaban J connectivity index is 1.90. The summed E-state index contributed by atoms with van der Waals surface area (Å²) in [5.74, 6) is -0.140. The average molecular weight is 249 g/mol. The van der Waals surface area contributed by atoms with Crippen molar-refractivity contribution in [3.8, 4) is 0 Å². The highest BCUT2D eigenvalue weighted by Crippen LogP contribution is 2.18. The van der Waals surface area contributed by atoms with E-state index in [2.05, 4.69) is 15.6 Å². The van der Waals surface area contributed by atoms with Crippen molar-refractivity contribution >= 4 is 11.6 Å². The lowest BCUT2D eigenvalue weighted by molar-refractivity contribution is 0.0863. The zero-order valence-electron chi connectivity index (χ0n) is 10.5. The summed E-state index contributed by atoms with van der Waals surface area (Å²) in [4.78, 5) is 16.0. The van der Waals surface area contributed by atoms with Crippen LogP contribution in [0.1, 0.15) is 36.2 Å². The number of aromatic nitrogens is 1. The summed E-state index contributed by atoms with van der Waals surface area (Å²) in [7, 11) is 1.81. The van der Waals surface area contributed by atoms with Crippen LogP contribution in [0.5, 0.6) is 0 Å². The quantitative estimate of drug-likeness (QED) is 0.751. The first-order valence-electron chi connectivity index (χ1n) is 6.32. The molecule has 5 nitrogen and oxygen atoms in total. The molecule has 1 aromatic heterocycles. The van der Waals surface area contributed by atoms with Crippen molar-refractivity contribution in [2.75, 3.05) is 12.4 Å². The number of nitrogens with zero attached hydrogens (tertiary/aromatic N) is 1. The van der Waals surface area contributed by atoms with Crippen molar-refractivity contribution < 1.29 is 9.90 Å². The van der Waals surface area contributed by atoms with Gasteiger partial charge < -0.3 is 15.7 Å². The Labute approximate surface area is 107 Å². The van der Waals surface area contributed by atoms with Gasteiger partial charge in [-0.25, -0.2) is 4.98 Å². The molecule has 2 rings (SSSR count). The van der Waals surface area contributed by atoms with Gasteiger partial charge in [0.15, 0.2) is 0 Å². The molecular weight excluding hydrogens is 230 g/mol. The third-order valence-corrected chi connectivity index (χ3v) is 3.32. The first-order chi connectivity index (χ1) is 8.69. The highest BCUT2D eigenvalue weighted by Gasteiger charge is 2.21. The highest BCUT2D eigenvalue weighted by atomic mass is 16.3. The second-order valence-electron chi connectivity index (χ2n) is 4.66. The first kappa shape index (κ1) is 12.8. The van der Waals surface area contributed by atoms with E-state index in [0.717, 1.165) is 31.4 Å². The van der Waals surface area contributed by atoms with Crippen LogP contribution in [0, 0.1) is 0 Å². The van der Waals surface area contributed by atoms with E-state index in [1.165, 1.54) is 0 Å². The standard InChI is InChI=1S/C13H19N3O2/c1-14-10-4-7-12(15-8-10)13(18)16-9-2-5-11(17)6-3-9/h4,7-9,11,14,17H,2-3,5-6H2,1H3,(H,16,18). The van der Waals surface area contributed by atoms with E-state index in [1.54, 1.807) is 12.3 Å². The van der Waals surface area contributed by atoms with Crippen molar-refractivity contribution in [3.05, 3.63) is 24.0 Å². The molecule has 3 N–H and O–H groups in total. The molecule has 0 spiro atoms. The number of carbonyl (C=O) groups excluding carboxylic acids is 1. The fourth-order valence-corrected chi connectivity index (χ4v) is 2.16. The van der Waals surface area contributed by atoms with Gasteiger partial charge in [-0.3, -0.25) is 4.79 Å². The van der Waals surface area contributed by atoms with Gasteiger partial charge >= 0.3 is 0 Å². The molecule has 0 unspecified atom stereocenters. The Kier molecular flexibility index (Phi) is 4.15. The molecule has 1 aliphatic rings. The first-order valence-corrected chi connectivity index (χ1v) is 6.32. The topological polar surface area (TPSA) is 74.2 Å². The summed E-state index contributed by atoms with van der Waals surface area (Å²) >= 11 is 0. The molecule has 0 atom stereocenters. The predicted molar refractivity (Wildman–Crippen MR) is 69.5 cm³/mol. The van der Waals surface area contributed by atoms with Crippen LogP contribution in [0.3, 0.4) is 0 Å². The number of aliphatic hydroxyl groups is 1. The molecule has 98 valence electrons. The number of aliphatic hydroxyl groups excluding tert-OH is 1. The molecule has 1 saturated carbocycles. The van der Waals surface area contributed by atoms with Crippen LogP contribution in [-0.4, -0.2) is 35.2 Å². The summed E-state index contributed by atoms with van der Waals surface area (Å²) in [5.41, 5.74) is 1.31. The number of amides is 1. The monoisotopic (exact) mass is 249 g/mol. The van der Waals surface area contributed by atoms with Crippen LogP contribution in [-0.2, 0) is 0 Å². The van der Waals surface area contributed by atoms with E-state index >= 15 is 0 Å². The lowest BCUT2D eigenvalue weighted by atomic mass is 9.93. The molecule has 1 aliphatic carbocycles. The maximum atomic E-state index is 11.9. The fraction of sp³-hybridized carbons (Fsp3) is 0.538. The zero-order valence-corrected chi connectivity index (χ0v) is 10.5. The molecule has 0 radical (unpaired) electrons. The minimum Gasteiger partial charge on any atom is -0.393 e. The fourth-order valence-electron chi connectivity index (χ4n) is 2.16. The molecule has 1 heterocycles. The molecule has 0 saturated heterocycles. The van der Waals surface area contributed by atoms with Gasteiger partial charge in [0.1, 0.15) is 5.69 Å². The third kappa shape index (κ3) is 3.20. The normalized spacial score (nSPS) is 23.4. The van der Waals surface area contributed by atoms with Crippen LogP contribution >= 0.6 is 0 Å². The summed E-state index contributed by atoms with van der Waals surface area (Å²) in [6.45, 7) is 0. The Hall–Kier alpha value is -1.62. The SMILES string of the molecule is CNc1ccc(C(=O)NC2CCC(O)CC2)nc1. The predicted octanol–water partition coefficient (Wildman–Crippen LogP) is 1.16. The number of rotatable bonds is 3. The van der Waals surface area contributed by atoms with Gasteiger partial charge in [-0.15, -0.1) is 0 Å². The van der Waals surface area contributed by atoms with E-state index in [9.17, 15) is 9.90 Å². The van der Waals surface area contributed by atoms with Crippen LogP contribution in [0.4, 0.5) is 5.69 Å². The number of hydrogen-bond acceptors (Lipinski definition) is 4. The molecule has 0 aliphatic heterocycles. The zero-order chi connectivity index (χ0) is 13.0. The van der Waals surface area contributed by atoms with Gasteiger partial charge in [-0.2, -0.15) is 0 Å². The van der Waals surface area contributed by atoms with Gasteiger partial charge in [0.05, 0.1) is 18.0 Å². The summed E-state index contributed by atoms with van der Waals surface area (Å²) in [5, 5.41) is 15.3. The van der Waals surface area contributed by atoms with E-state index in [1.807, 2.05) is 13.1 Å².